The highest BCUT2D eigenvalue weighted by Crippen LogP contribution is 2.21. The van der Waals surface area contributed by atoms with Crippen molar-refractivity contribution in [3.63, 3.8) is 0 Å². The van der Waals surface area contributed by atoms with Crippen LogP contribution in [0.1, 0.15) is 13.8 Å². The third-order valence-corrected chi connectivity index (χ3v) is 3.78. The van der Waals surface area contributed by atoms with E-state index in [1.54, 1.807) is 30.1 Å². The van der Waals surface area contributed by atoms with Crippen LogP contribution >= 0.6 is 11.8 Å². The summed E-state index contributed by atoms with van der Waals surface area (Å²) in [6, 6.07) is 13.4. The third-order valence-electron chi connectivity index (χ3n) is 2.77. The average Bonchev–Trinajstić information content (AvgIpc) is 2.54. The molecule has 0 unspecified atom stereocenters. The highest BCUT2D eigenvalue weighted by atomic mass is 32.2. The van der Waals surface area contributed by atoms with E-state index in [9.17, 15) is 4.79 Å². The molecule has 0 fully saturated rings. The van der Waals surface area contributed by atoms with Gasteiger partial charge in [0.05, 0.1) is 6.10 Å². The second-order valence-corrected chi connectivity index (χ2v) is 6.23. The molecule has 0 saturated heterocycles. The fourth-order valence-electron chi connectivity index (χ4n) is 1.82. The number of nitrogens with zero attached hydrogens (tertiary/aromatic N) is 1. The van der Waals surface area contributed by atoms with Gasteiger partial charge in [0, 0.05) is 23.4 Å². The van der Waals surface area contributed by atoms with Gasteiger partial charge in [0.2, 0.25) is 5.88 Å². The zero-order chi connectivity index (χ0) is 16.5. The van der Waals surface area contributed by atoms with Crippen LogP contribution in [0.25, 0.3) is 0 Å². The Bertz CT molecular complexity index is 620. The molecule has 1 aromatic carbocycles. The minimum absolute atomic E-state index is 0.00390. The van der Waals surface area contributed by atoms with Crippen LogP contribution in [-0.4, -0.2) is 29.4 Å². The number of anilines is 1. The monoisotopic (exact) mass is 331 g/mol. The van der Waals surface area contributed by atoms with Gasteiger partial charge in [0.15, 0.2) is 0 Å². The lowest BCUT2D eigenvalue weighted by molar-refractivity contribution is 0.233. The fraction of sp³-hybridized carbons (Fsp3) is 0.294. The fourth-order valence-corrected chi connectivity index (χ4v) is 2.61. The summed E-state index contributed by atoms with van der Waals surface area (Å²) in [5.74, 6) is 1.23. The molecule has 0 spiro atoms. The second kappa shape index (κ2) is 9.05. The summed E-state index contributed by atoms with van der Waals surface area (Å²) < 4.78 is 5.57. The third kappa shape index (κ3) is 6.20. The van der Waals surface area contributed by atoms with E-state index in [0.717, 1.165) is 5.75 Å². The lowest BCUT2D eigenvalue weighted by atomic mass is 10.4. The van der Waals surface area contributed by atoms with Crippen molar-refractivity contribution in [2.24, 2.45) is 0 Å². The van der Waals surface area contributed by atoms with Gasteiger partial charge >= 0.3 is 6.03 Å². The smallest absolute Gasteiger partial charge is 0.319 e. The first-order chi connectivity index (χ1) is 11.1. The molecule has 2 rings (SSSR count). The van der Waals surface area contributed by atoms with Crippen molar-refractivity contribution in [2.75, 3.05) is 17.6 Å². The number of urea groups is 1. The predicted molar refractivity (Wildman–Crippen MR) is 94.2 cm³/mol. The molecule has 23 heavy (non-hydrogen) atoms. The maximum Gasteiger partial charge on any atom is 0.319 e. The Kier molecular flexibility index (Phi) is 6.75. The van der Waals surface area contributed by atoms with Gasteiger partial charge in [-0.15, -0.1) is 11.8 Å². The predicted octanol–water partition coefficient (Wildman–Crippen LogP) is 3.78. The van der Waals surface area contributed by atoms with Crippen molar-refractivity contribution < 1.29 is 9.53 Å². The molecule has 2 amide bonds. The largest absolute Gasteiger partial charge is 0.473 e. The topological polar surface area (TPSA) is 63.2 Å². The molecular formula is C17H21N3O2S. The first-order valence-corrected chi connectivity index (χ1v) is 8.48. The Morgan fingerprint density at radius 1 is 1.22 bits per heavy atom. The van der Waals surface area contributed by atoms with E-state index in [-0.39, 0.29) is 12.1 Å². The Morgan fingerprint density at radius 2 is 2.00 bits per heavy atom. The SMILES string of the molecule is CC(C)Oc1ncccc1NC(=O)NCCSc1ccccc1. The molecule has 0 atom stereocenters. The summed E-state index contributed by atoms with van der Waals surface area (Å²) in [6.45, 7) is 4.41. The molecule has 5 nitrogen and oxygen atoms in total. The van der Waals surface area contributed by atoms with Gasteiger partial charge in [-0.2, -0.15) is 0 Å². The summed E-state index contributed by atoms with van der Waals surface area (Å²) in [5, 5.41) is 5.60. The van der Waals surface area contributed by atoms with E-state index >= 15 is 0 Å². The molecule has 0 aliphatic carbocycles. The van der Waals surface area contributed by atoms with Crippen molar-refractivity contribution in [1.29, 1.82) is 0 Å². The number of hydrogen-bond donors (Lipinski definition) is 2. The molecule has 122 valence electrons. The van der Waals surface area contributed by atoms with Crippen LogP contribution in [0.2, 0.25) is 0 Å². The molecule has 0 bridgehead atoms. The zero-order valence-electron chi connectivity index (χ0n) is 13.3. The number of carbonyl (C=O) groups is 1. The van der Waals surface area contributed by atoms with E-state index in [2.05, 4.69) is 27.8 Å². The van der Waals surface area contributed by atoms with Crippen LogP contribution in [0.15, 0.2) is 53.6 Å². The Balaban J connectivity index is 1.76. The number of nitrogens with one attached hydrogen (secondary N) is 2. The number of aromatic nitrogens is 1. The number of benzene rings is 1. The first kappa shape index (κ1) is 17.1. The summed E-state index contributed by atoms with van der Waals surface area (Å²) >= 11 is 1.70. The molecule has 0 saturated carbocycles. The van der Waals surface area contributed by atoms with E-state index in [1.807, 2.05) is 32.0 Å². The maximum absolute atomic E-state index is 11.9. The number of thioether (sulfide) groups is 1. The minimum Gasteiger partial charge on any atom is -0.473 e. The lowest BCUT2D eigenvalue weighted by Gasteiger charge is -2.13. The van der Waals surface area contributed by atoms with Crippen molar-refractivity contribution in [1.82, 2.24) is 10.3 Å². The van der Waals surface area contributed by atoms with Crippen LogP contribution in [-0.2, 0) is 0 Å². The van der Waals surface area contributed by atoms with Crippen LogP contribution in [0.3, 0.4) is 0 Å². The van der Waals surface area contributed by atoms with E-state index < -0.39 is 0 Å². The van der Waals surface area contributed by atoms with Gasteiger partial charge in [-0.1, -0.05) is 18.2 Å². The van der Waals surface area contributed by atoms with Gasteiger partial charge in [-0.05, 0) is 38.1 Å². The number of carbonyl (C=O) groups excluding carboxylic acids is 1. The molecule has 0 radical (unpaired) electrons. The highest BCUT2D eigenvalue weighted by Gasteiger charge is 2.09. The Labute approximate surface area is 140 Å². The van der Waals surface area contributed by atoms with Crippen LogP contribution in [0.4, 0.5) is 10.5 Å². The van der Waals surface area contributed by atoms with E-state index in [4.69, 9.17) is 4.74 Å². The summed E-state index contributed by atoms with van der Waals surface area (Å²) in [4.78, 5) is 17.3. The van der Waals surface area contributed by atoms with Crippen molar-refractivity contribution in [3.05, 3.63) is 48.7 Å². The standard InChI is InChI=1S/C17H21N3O2S/c1-13(2)22-16-15(9-6-10-18-16)20-17(21)19-11-12-23-14-7-4-3-5-8-14/h3-10,13H,11-12H2,1-2H3,(H2,19,20,21). The molecule has 1 aromatic heterocycles. The molecule has 2 N–H and O–H groups in total. The minimum atomic E-state index is -0.264. The quantitative estimate of drug-likeness (QED) is 0.598. The molecule has 1 heterocycles. The maximum atomic E-state index is 11.9. The molecule has 0 aliphatic heterocycles. The van der Waals surface area contributed by atoms with Gasteiger partial charge in [-0.25, -0.2) is 9.78 Å². The van der Waals surface area contributed by atoms with Gasteiger partial charge in [0.25, 0.3) is 0 Å². The summed E-state index contributed by atoms with van der Waals surface area (Å²) in [5.41, 5.74) is 0.564. The Hall–Kier alpha value is -2.21. The zero-order valence-corrected chi connectivity index (χ0v) is 14.1. The normalized spacial score (nSPS) is 10.4. The first-order valence-electron chi connectivity index (χ1n) is 7.49. The summed E-state index contributed by atoms with van der Waals surface area (Å²) in [6.07, 6.45) is 1.63. The number of ether oxygens (including phenoxy) is 1. The van der Waals surface area contributed by atoms with Crippen LogP contribution < -0.4 is 15.4 Å². The van der Waals surface area contributed by atoms with E-state index in [1.165, 1.54) is 4.90 Å². The Morgan fingerprint density at radius 3 is 2.74 bits per heavy atom. The van der Waals surface area contributed by atoms with E-state index in [0.29, 0.717) is 18.1 Å². The molecular weight excluding hydrogens is 310 g/mol. The van der Waals surface area contributed by atoms with Crippen LogP contribution in [0, 0.1) is 0 Å². The van der Waals surface area contributed by atoms with Gasteiger partial charge in [-0.3, -0.25) is 0 Å². The van der Waals surface area contributed by atoms with Crippen molar-refractivity contribution in [2.45, 2.75) is 24.8 Å². The second-order valence-electron chi connectivity index (χ2n) is 5.07. The van der Waals surface area contributed by atoms with Gasteiger partial charge in [0.1, 0.15) is 5.69 Å². The summed E-state index contributed by atoms with van der Waals surface area (Å²) in [7, 11) is 0. The molecule has 6 heteroatoms. The number of amides is 2. The molecule has 2 aromatic rings. The van der Waals surface area contributed by atoms with Crippen LogP contribution in [0.5, 0.6) is 5.88 Å². The lowest BCUT2D eigenvalue weighted by Crippen LogP contribution is -2.30. The highest BCUT2D eigenvalue weighted by molar-refractivity contribution is 7.99. The van der Waals surface area contributed by atoms with Gasteiger partial charge < -0.3 is 15.4 Å². The average molecular weight is 331 g/mol. The molecule has 0 aliphatic rings. The number of rotatable bonds is 7. The van der Waals surface area contributed by atoms with Crippen molar-refractivity contribution >= 4 is 23.5 Å². The van der Waals surface area contributed by atoms with Crippen molar-refractivity contribution in [3.8, 4) is 5.88 Å². The number of pyridine rings is 1. The number of hydrogen-bond acceptors (Lipinski definition) is 4.